The molecular formula is C9H18N. The van der Waals surface area contributed by atoms with Gasteiger partial charge in [-0.15, -0.1) is 0 Å². The molecule has 1 radical (unpaired) electrons. The molecule has 0 unspecified atom stereocenters. The van der Waals surface area contributed by atoms with Crippen LogP contribution < -0.4 is 5.32 Å². The Balaban J connectivity index is 3.36. The summed E-state index contributed by atoms with van der Waals surface area (Å²) in [4.78, 5) is 0. The standard InChI is InChI=1S/C9H18N/c1-5-6-7-8-9(2,3)10-4/h1,5,10H,6-8H2,2-4H3. The van der Waals surface area contributed by atoms with E-state index in [2.05, 4.69) is 19.2 Å². The molecule has 0 spiro atoms. The molecule has 0 aromatic carbocycles. The second kappa shape index (κ2) is 4.51. The van der Waals surface area contributed by atoms with Crippen molar-refractivity contribution in [3.63, 3.8) is 0 Å². The number of allylic oxidation sites excluding steroid dienone is 1. The van der Waals surface area contributed by atoms with Gasteiger partial charge in [0.05, 0.1) is 0 Å². The second-order valence-corrected chi connectivity index (χ2v) is 3.26. The number of hydrogen-bond acceptors (Lipinski definition) is 1. The Bertz CT molecular complexity index is 94.9. The lowest BCUT2D eigenvalue weighted by Crippen LogP contribution is -2.35. The third-order valence-electron chi connectivity index (χ3n) is 1.85. The molecule has 0 rings (SSSR count). The zero-order chi connectivity index (χ0) is 8.04. The highest BCUT2D eigenvalue weighted by Crippen LogP contribution is 2.11. The number of hydrogen-bond donors (Lipinski definition) is 1. The normalized spacial score (nSPS) is 11.5. The van der Waals surface area contributed by atoms with Gasteiger partial charge in [0.1, 0.15) is 0 Å². The lowest BCUT2D eigenvalue weighted by Gasteiger charge is -2.23. The van der Waals surface area contributed by atoms with Crippen molar-refractivity contribution >= 4 is 0 Å². The molecule has 1 nitrogen and oxygen atoms in total. The summed E-state index contributed by atoms with van der Waals surface area (Å²) in [6.07, 6.45) is 5.10. The monoisotopic (exact) mass is 140 g/mol. The van der Waals surface area contributed by atoms with E-state index < -0.39 is 0 Å². The predicted octanol–water partition coefficient (Wildman–Crippen LogP) is 2.14. The molecular weight excluding hydrogens is 122 g/mol. The maximum Gasteiger partial charge on any atom is 0.0122 e. The quantitative estimate of drug-likeness (QED) is 0.577. The van der Waals surface area contributed by atoms with Crippen molar-refractivity contribution in [2.24, 2.45) is 0 Å². The summed E-state index contributed by atoms with van der Waals surface area (Å²) in [7, 11) is 1.99. The van der Waals surface area contributed by atoms with Gasteiger partial charge in [-0.05, 0) is 40.2 Å². The molecule has 0 aromatic rings. The molecule has 0 aliphatic carbocycles. The van der Waals surface area contributed by atoms with Gasteiger partial charge in [-0.1, -0.05) is 12.7 Å². The van der Waals surface area contributed by atoms with Crippen LogP contribution in [0.5, 0.6) is 0 Å². The summed E-state index contributed by atoms with van der Waals surface area (Å²) < 4.78 is 0. The van der Waals surface area contributed by atoms with E-state index in [9.17, 15) is 0 Å². The van der Waals surface area contributed by atoms with E-state index in [1.807, 2.05) is 7.05 Å². The van der Waals surface area contributed by atoms with Crippen molar-refractivity contribution in [2.75, 3.05) is 7.05 Å². The molecule has 1 N–H and O–H groups in total. The summed E-state index contributed by atoms with van der Waals surface area (Å²) in [5.74, 6) is 0. The molecule has 0 amide bonds. The molecule has 0 saturated carbocycles. The van der Waals surface area contributed by atoms with Crippen LogP contribution in [-0.4, -0.2) is 12.6 Å². The maximum atomic E-state index is 5.25. The SMILES string of the molecule is [CH]=CCCCC(C)(C)NC. The first kappa shape index (κ1) is 9.70. The van der Waals surface area contributed by atoms with Crippen LogP contribution in [0.3, 0.4) is 0 Å². The lowest BCUT2D eigenvalue weighted by molar-refractivity contribution is 0.383. The maximum absolute atomic E-state index is 5.25. The van der Waals surface area contributed by atoms with Gasteiger partial charge in [-0.25, -0.2) is 0 Å². The minimum absolute atomic E-state index is 0.267. The van der Waals surface area contributed by atoms with E-state index in [0.717, 1.165) is 6.42 Å². The van der Waals surface area contributed by atoms with Crippen LogP contribution in [0.25, 0.3) is 0 Å². The molecule has 0 saturated heterocycles. The fourth-order valence-electron chi connectivity index (χ4n) is 0.787. The van der Waals surface area contributed by atoms with E-state index in [0.29, 0.717) is 0 Å². The molecule has 1 heteroatoms. The fourth-order valence-corrected chi connectivity index (χ4v) is 0.787. The Morgan fingerprint density at radius 1 is 1.50 bits per heavy atom. The van der Waals surface area contributed by atoms with Crippen molar-refractivity contribution < 1.29 is 0 Å². The van der Waals surface area contributed by atoms with Crippen molar-refractivity contribution in [1.29, 1.82) is 0 Å². The summed E-state index contributed by atoms with van der Waals surface area (Å²) in [5.41, 5.74) is 0.267. The zero-order valence-electron chi connectivity index (χ0n) is 7.28. The number of unbranched alkanes of at least 4 members (excludes halogenated alkanes) is 1. The molecule has 0 bridgehead atoms. The Morgan fingerprint density at radius 3 is 2.50 bits per heavy atom. The first-order valence-electron chi connectivity index (χ1n) is 3.85. The fraction of sp³-hybridized carbons (Fsp3) is 0.778. The molecule has 0 aromatic heterocycles. The van der Waals surface area contributed by atoms with Crippen molar-refractivity contribution in [2.45, 2.75) is 38.6 Å². The molecule has 59 valence electrons. The Morgan fingerprint density at radius 2 is 2.10 bits per heavy atom. The van der Waals surface area contributed by atoms with Gasteiger partial charge in [-0.3, -0.25) is 0 Å². The van der Waals surface area contributed by atoms with Crippen LogP contribution >= 0.6 is 0 Å². The van der Waals surface area contributed by atoms with Crippen LogP contribution in [0.2, 0.25) is 0 Å². The largest absolute Gasteiger partial charge is 0.315 e. The Kier molecular flexibility index (Phi) is 4.37. The van der Waals surface area contributed by atoms with Gasteiger partial charge in [0, 0.05) is 5.54 Å². The second-order valence-electron chi connectivity index (χ2n) is 3.26. The minimum Gasteiger partial charge on any atom is -0.315 e. The summed E-state index contributed by atoms with van der Waals surface area (Å²) in [5, 5.41) is 3.25. The summed E-state index contributed by atoms with van der Waals surface area (Å²) in [6, 6.07) is 0. The van der Waals surface area contributed by atoms with Gasteiger partial charge in [-0.2, -0.15) is 0 Å². The highest BCUT2D eigenvalue weighted by Gasteiger charge is 2.12. The van der Waals surface area contributed by atoms with Crippen molar-refractivity contribution in [1.82, 2.24) is 5.32 Å². The van der Waals surface area contributed by atoms with Gasteiger partial charge in [0.15, 0.2) is 0 Å². The van der Waals surface area contributed by atoms with E-state index in [1.54, 1.807) is 6.08 Å². The average molecular weight is 140 g/mol. The van der Waals surface area contributed by atoms with E-state index >= 15 is 0 Å². The molecule has 0 atom stereocenters. The lowest BCUT2D eigenvalue weighted by atomic mass is 9.98. The molecule has 0 fully saturated rings. The average Bonchev–Trinajstić information content (AvgIpc) is 1.89. The molecule has 10 heavy (non-hydrogen) atoms. The highest BCUT2D eigenvalue weighted by molar-refractivity contribution is 4.76. The van der Waals surface area contributed by atoms with Crippen LogP contribution in [0.15, 0.2) is 6.08 Å². The molecule has 0 heterocycles. The third-order valence-corrected chi connectivity index (χ3v) is 1.85. The van der Waals surface area contributed by atoms with Crippen LogP contribution in [0, 0.1) is 6.58 Å². The van der Waals surface area contributed by atoms with Gasteiger partial charge in [0.2, 0.25) is 0 Å². The highest BCUT2D eigenvalue weighted by atomic mass is 14.9. The van der Waals surface area contributed by atoms with Crippen molar-refractivity contribution in [3.05, 3.63) is 12.7 Å². The van der Waals surface area contributed by atoms with Gasteiger partial charge in [0.25, 0.3) is 0 Å². The van der Waals surface area contributed by atoms with E-state index in [-0.39, 0.29) is 5.54 Å². The van der Waals surface area contributed by atoms with E-state index in [4.69, 9.17) is 6.58 Å². The summed E-state index contributed by atoms with van der Waals surface area (Å²) in [6.45, 7) is 9.65. The molecule has 0 aliphatic heterocycles. The first-order chi connectivity index (χ1) is 4.62. The van der Waals surface area contributed by atoms with Crippen LogP contribution in [-0.2, 0) is 0 Å². The first-order valence-corrected chi connectivity index (χ1v) is 3.85. The van der Waals surface area contributed by atoms with Crippen molar-refractivity contribution in [3.8, 4) is 0 Å². The van der Waals surface area contributed by atoms with Gasteiger partial charge < -0.3 is 5.32 Å². The Labute approximate surface area is 64.5 Å². The van der Waals surface area contributed by atoms with E-state index in [1.165, 1.54) is 12.8 Å². The van der Waals surface area contributed by atoms with Crippen LogP contribution in [0.1, 0.15) is 33.1 Å². The minimum atomic E-state index is 0.267. The molecule has 0 aliphatic rings. The Hall–Kier alpha value is -0.300. The third kappa shape index (κ3) is 4.57. The van der Waals surface area contributed by atoms with Crippen LogP contribution in [0.4, 0.5) is 0 Å². The zero-order valence-corrected chi connectivity index (χ0v) is 7.28. The number of rotatable bonds is 5. The topological polar surface area (TPSA) is 12.0 Å². The summed E-state index contributed by atoms with van der Waals surface area (Å²) >= 11 is 0. The number of nitrogens with one attached hydrogen (secondary N) is 1. The smallest absolute Gasteiger partial charge is 0.0122 e. The van der Waals surface area contributed by atoms with Gasteiger partial charge >= 0.3 is 0 Å². The predicted molar refractivity (Wildman–Crippen MR) is 45.9 cm³/mol.